The summed E-state index contributed by atoms with van der Waals surface area (Å²) in [6.07, 6.45) is 49.7. The molecule has 2 fully saturated rings. The molecular formula is C100H92Cl2O4Si2Zr. The first kappa shape index (κ1) is 71.3. The molecule has 0 amide bonds. The number of allylic oxidation sites excluding steroid dienone is 32. The van der Waals surface area contributed by atoms with Gasteiger partial charge in [0.15, 0.2) is 0 Å². The number of rotatable bonds is 14. The van der Waals surface area contributed by atoms with Crippen molar-refractivity contribution < 1.29 is 33.9 Å². The zero-order valence-electron chi connectivity index (χ0n) is 63.8. The summed E-state index contributed by atoms with van der Waals surface area (Å²) >= 11 is -7.85. The molecule has 8 aromatic carbocycles. The van der Waals surface area contributed by atoms with Crippen LogP contribution in [0.3, 0.4) is 0 Å². The minimum absolute atomic E-state index is 0.104. The molecule has 10 aliphatic rings. The number of hydrogen-bond donors (Lipinski definition) is 0. The molecule has 8 aromatic rings. The van der Waals surface area contributed by atoms with Gasteiger partial charge in [0.1, 0.15) is 0 Å². The molecule has 2 aliphatic heterocycles. The summed E-state index contributed by atoms with van der Waals surface area (Å²) in [4.78, 5) is 0. The number of fused-ring (bicyclic) bond motifs is 8. The van der Waals surface area contributed by atoms with Crippen LogP contribution in [0.1, 0.15) is 87.5 Å². The molecule has 2 saturated heterocycles. The van der Waals surface area contributed by atoms with Gasteiger partial charge >= 0.3 is 610 Å². The Balaban J connectivity index is 0.945. The van der Waals surface area contributed by atoms with Gasteiger partial charge in [-0.15, -0.1) is 0 Å². The quantitative estimate of drug-likeness (QED) is 0.102. The van der Waals surface area contributed by atoms with Crippen LogP contribution in [0.4, 0.5) is 0 Å². The van der Waals surface area contributed by atoms with E-state index in [1.165, 1.54) is 89.1 Å². The molecule has 0 N–H and O–H groups in total. The molecule has 0 saturated carbocycles. The molecule has 0 radical (unpaired) electrons. The Morgan fingerprint density at radius 2 is 0.468 bits per heavy atom. The summed E-state index contributed by atoms with van der Waals surface area (Å²) in [5.41, 5.74) is 30.4. The van der Waals surface area contributed by atoms with Crippen molar-refractivity contribution in [1.82, 2.24) is 0 Å². The summed E-state index contributed by atoms with van der Waals surface area (Å²) in [5.74, 6) is 2.95. The molecule has 4 nitrogen and oxygen atoms in total. The van der Waals surface area contributed by atoms with Gasteiger partial charge in [-0.2, -0.15) is 0 Å². The van der Waals surface area contributed by atoms with E-state index in [0.29, 0.717) is 0 Å². The molecule has 8 aliphatic carbocycles. The second kappa shape index (κ2) is 26.2. The van der Waals surface area contributed by atoms with Crippen LogP contribution < -0.4 is 18.9 Å². The molecule has 0 aromatic heterocycles. The van der Waals surface area contributed by atoms with Gasteiger partial charge in [-0.05, 0) is 0 Å². The summed E-state index contributed by atoms with van der Waals surface area (Å²) < 4.78 is 19.4. The number of methoxy groups -OCH3 is 4. The fraction of sp³-hybridized carbons (Fsp3) is 0.200. The summed E-state index contributed by atoms with van der Waals surface area (Å²) in [7, 11) is 25.1. The predicted octanol–water partition coefficient (Wildman–Crippen LogP) is 26.2. The Morgan fingerprint density at radius 3 is 0.642 bits per heavy atom. The van der Waals surface area contributed by atoms with E-state index in [0.717, 1.165) is 79.6 Å². The number of ether oxygens (including phenoxy) is 4. The van der Waals surface area contributed by atoms with E-state index in [4.69, 9.17) is 18.9 Å². The van der Waals surface area contributed by atoms with Gasteiger partial charge in [0.05, 0.1) is 28.4 Å². The van der Waals surface area contributed by atoms with Gasteiger partial charge in [-0.1, -0.05) is 0 Å². The minimum atomic E-state index is -7.85. The van der Waals surface area contributed by atoms with Crippen LogP contribution in [0.5, 0.6) is 23.0 Å². The van der Waals surface area contributed by atoms with E-state index in [1.54, 1.807) is 28.4 Å². The molecular weight excluding hydrogens is 1480 g/mol. The van der Waals surface area contributed by atoms with E-state index in [1.807, 2.05) is 0 Å². The fourth-order valence-electron chi connectivity index (χ4n) is 25.0. The summed E-state index contributed by atoms with van der Waals surface area (Å²) in [6, 6.07) is 73.2. The SMILES string of the molecule is CC[SiH]1[C]2(C(C)=CC3=C2C=CC=CC3c2ccc(-c3ccc(OC)cc3)cc2)[Zr]2([Cl])([Cl])([C]13C(C)=CC1=C3C=CC=CC1c1ccc(-c3ccc(OC)cc3)cc1)[C]1(C(C)=CC3=C1C=CC=CC3c1ccc(-c3ccc(OC)cc3)cc1)[SiH](CC)[C]21C(C)=CC2=C1C=CC=CC2c1ccc(-c2ccc(OC)cc2)cc1. The predicted molar refractivity (Wildman–Crippen MR) is 459 cm³/mol. The van der Waals surface area contributed by atoms with Gasteiger partial charge in [0.2, 0.25) is 0 Å². The Labute approximate surface area is 651 Å². The zero-order chi connectivity index (χ0) is 75.1. The second-order valence-electron chi connectivity index (χ2n) is 31.8. The van der Waals surface area contributed by atoms with E-state index in [9.17, 15) is 17.0 Å². The third kappa shape index (κ3) is 8.86. The second-order valence-corrected chi connectivity index (χ2v) is 72.6. The molecule has 0 bridgehead atoms. The third-order valence-corrected chi connectivity index (χ3v) is 111. The van der Waals surface area contributed by atoms with Crippen LogP contribution in [-0.4, -0.2) is 46.0 Å². The van der Waals surface area contributed by atoms with Crippen molar-refractivity contribution in [2.75, 3.05) is 28.4 Å². The first-order valence-electron chi connectivity index (χ1n) is 38.9. The Hall–Kier alpha value is -9.30. The molecule has 8 unspecified atom stereocenters. The van der Waals surface area contributed by atoms with Crippen LogP contribution in [0.25, 0.3) is 44.5 Å². The number of hydrogen-bond acceptors (Lipinski definition) is 4. The van der Waals surface area contributed by atoms with Crippen molar-refractivity contribution in [3.63, 3.8) is 0 Å². The Kier molecular flexibility index (Phi) is 17.1. The van der Waals surface area contributed by atoms with Gasteiger partial charge < -0.3 is 18.9 Å². The first-order valence-corrected chi connectivity index (χ1v) is 54.1. The van der Waals surface area contributed by atoms with Crippen molar-refractivity contribution in [1.29, 1.82) is 0 Å². The summed E-state index contributed by atoms with van der Waals surface area (Å²) in [6.45, 7) is 15.3. The van der Waals surface area contributed by atoms with Crippen LogP contribution >= 0.6 is 17.0 Å². The first-order chi connectivity index (χ1) is 53.0. The standard InChI is InChI=1S/2C50H46O2Si.2ClH.Zr/c2*1-6-53(49-33(2)31-47-43(11-7-9-13-45(47)49)39-19-15-35(16-20-39)37-23-27-41(51-4)28-24-37)50-34(3)32-48-44(12-8-10-14-46(48)50)40-21-17-36(18-22-40)38-25-29-42(52-5)30-26-38;;;/h2*7-32,43-44,53H,6H2,1-5H3;2*1H;/q;;;;+2/p-2. The average molecular weight is 1580 g/mol. The average Bonchev–Trinajstić information content (AvgIpc) is 1.50. The molecule has 109 heavy (non-hydrogen) atoms. The number of benzene rings is 8. The molecule has 18 rings (SSSR count). The normalized spacial score (nSPS) is 28.4. The Morgan fingerprint density at radius 1 is 0.284 bits per heavy atom. The monoisotopic (exact) mass is 1570 g/mol. The molecule has 2 heterocycles. The van der Waals surface area contributed by atoms with Gasteiger partial charge in [0.25, 0.3) is 0 Å². The molecule has 9 heteroatoms. The van der Waals surface area contributed by atoms with Crippen LogP contribution in [0.15, 0.2) is 383 Å². The fourth-order valence-corrected chi connectivity index (χ4v) is 145. The van der Waals surface area contributed by atoms with Crippen molar-refractivity contribution in [3.05, 3.63) is 405 Å². The maximum atomic E-state index is 11.8. The Bertz CT molecular complexity index is 4970. The van der Waals surface area contributed by atoms with E-state index in [-0.39, 0.29) is 23.7 Å². The van der Waals surface area contributed by atoms with Crippen LogP contribution in [0, 0.1) is 0 Å². The zero-order valence-corrected chi connectivity index (χ0v) is 70.1. The summed E-state index contributed by atoms with van der Waals surface area (Å²) in [5, 5.41) is 0. The van der Waals surface area contributed by atoms with Crippen molar-refractivity contribution >= 4 is 34.6 Å². The van der Waals surface area contributed by atoms with Crippen molar-refractivity contribution in [2.24, 2.45) is 0 Å². The number of halogens is 2. The van der Waals surface area contributed by atoms with Gasteiger partial charge in [-0.25, -0.2) is 0 Å². The van der Waals surface area contributed by atoms with E-state index in [2.05, 4.69) is 357 Å². The molecule has 542 valence electrons. The van der Waals surface area contributed by atoms with Crippen LogP contribution in [0.2, 0.25) is 23.1 Å². The topological polar surface area (TPSA) is 36.9 Å². The van der Waals surface area contributed by atoms with Gasteiger partial charge in [0, 0.05) is 0 Å². The maximum absolute atomic E-state index is 11.8. The van der Waals surface area contributed by atoms with Crippen molar-refractivity contribution in [3.8, 4) is 67.5 Å². The van der Waals surface area contributed by atoms with E-state index < -0.39 is 43.5 Å². The van der Waals surface area contributed by atoms with Gasteiger partial charge in [-0.3, -0.25) is 0 Å². The molecule has 5 spiro atoms. The third-order valence-electron chi connectivity index (χ3n) is 28.2. The van der Waals surface area contributed by atoms with Crippen LogP contribution in [-0.2, 0) is 14.9 Å². The van der Waals surface area contributed by atoms with E-state index >= 15 is 0 Å². The van der Waals surface area contributed by atoms with Crippen molar-refractivity contribution in [2.45, 2.75) is 88.3 Å². The molecule has 8 atom stereocenters.